The van der Waals surface area contributed by atoms with Gasteiger partial charge in [0.1, 0.15) is 11.6 Å². The zero-order valence-electron chi connectivity index (χ0n) is 11.3. The van der Waals surface area contributed by atoms with Crippen LogP contribution in [0.25, 0.3) is 0 Å². The van der Waals surface area contributed by atoms with Crippen LogP contribution in [0.15, 0.2) is 6.20 Å². The number of halogens is 1. The zero-order valence-corrected chi connectivity index (χ0v) is 12.1. The fourth-order valence-electron chi connectivity index (χ4n) is 2.75. The van der Waals surface area contributed by atoms with Gasteiger partial charge in [0.15, 0.2) is 0 Å². The third-order valence-corrected chi connectivity index (χ3v) is 4.01. The van der Waals surface area contributed by atoms with Gasteiger partial charge in [0, 0.05) is 25.4 Å². The third kappa shape index (κ3) is 3.35. The van der Waals surface area contributed by atoms with Gasteiger partial charge in [0.2, 0.25) is 0 Å². The summed E-state index contributed by atoms with van der Waals surface area (Å²) in [4.78, 5) is 11.0. The molecule has 0 bridgehead atoms. The van der Waals surface area contributed by atoms with Gasteiger partial charge in [-0.3, -0.25) is 0 Å². The predicted molar refractivity (Wildman–Crippen MR) is 76.2 cm³/mol. The third-order valence-electron chi connectivity index (χ3n) is 3.72. The highest BCUT2D eigenvalue weighted by Gasteiger charge is 2.18. The van der Waals surface area contributed by atoms with Crippen LogP contribution >= 0.6 is 11.6 Å². The normalized spacial score (nSPS) is 16.8. The van der Waals surface area contributed by atoms with Gasteiger partial charge < -0.3 is 4.90 Å². The molecule has 1 fully saturated rings. The Bertz CT molecular complexity index is 389. The van der Waals surface area contributed by atoms with Crippen molar-refractivity contribution in [2.24, 2.45) is 5.92 Å². The molecule has 1 heterocycles. The molecule has 0 aliphatic heterocycles. The lowest BCUT2D eigenvalue weighted by Gasteiger charge is -2.28. The van der Waals surface area contributed by atoms with Gasteiger partial charge in [-0.25, -0.2) is 9.97 Å². The molecule has 0 amide bonds. The Labute approximate surface area is 115 Å². The van der Waals surface area contributed by atoms with Crippen LogP contribution in [-0.4, -0.2) is 23.6 Å². The number of hydrogen-bond donors (Lipinski definition) is 0. The summed E-state index contributed by atoms with van der Waals surface area (Å²) in [6.07, 6.45) is 8.71. The number of rotatable bonds is 4. The Kier molecular flexibility index (Phi) is 4.81. The Hall–Kier alpha value is -0.830. The number of aryl methyl sites for hydroxylation is 1. The maximum absolute atomic E-state index is 5.96. The topological polar surface area (TPSA) is 29.0 Å². The summed E-state index contributed by atoms with van der Waals surface area (Å²) in [7, 11) is 2.12. The second-order valence-corrected chi connectivity index (χ2v) is 5.55. The first-order chi connectivity index (χ1) is 8.70. The molecular weight excluding hydrogens is 246 g/mol. The maximum atomic E-state index is 5.96. The van der Waals surface area contributed by atoms with Crippen LogP contribution in [0.1, 0.15) is 43.5 Å². The molecule has 0 spiro atoms. The van der Waals surface area contributed by atoms with Crippen molar-refractivity contribution >= 4 is 17.4 Å². The molecular formula is C14H22ClN3. The molecule has 1 aliphatic carbocycles. The van der Waals surface area contributed by atoms with E-state index in [1.165, 1.54) is 32.1 Å². The van der Waals surface area contributed by atoms with Gasteiger partial charge in [-0.05, 0) is 25.7 Å². The molecule has 0 N–H and O–H groups in total. The molecule has 0 unspecified atom stereocenters. The minimum atomic E-state index is 0.477. The SMILES string of the molecule is Cc1ncc(CCl)c(N(C)CC2CCCCC2)n1. The molecule has 18 heavy (non-hydrogen) atoms. The quantitative estimate of drug-likeness (QED) is 0.782. The maximum Gasteiger partial charge on any atom is 0.136 e. The van der Waals surface area contributed by atoms with Crippen molar-refractivity contribution in [1.29, 1.82) is 0 Å². The highest BCUT2D eigenvalue weighted by atomic mass is 35.5. The summed E-state index contributed by atoms with van der Waals surface area (Å²) >= 11 is 5.96. The summed E-state index contributed by atoms with van der Waals surface area (Å²) in [6, 6.07) is 0. The van der Waals surface area contributed by atoms with Crippen LogP contribution in [0.2, 0.25) is 0 Å². The van der Waals surface area contributed by atoms with E-state index < -0.39 is 0 Å². The molecule has 1 aliphatic rings. The van der Waals surface area contributed by atoms with Crippen LogP contribution < -0.4 is 4.90 Å². The number of hydrogen-bond acceptors (Lipinski definition) is 3. The van der Waals surface area contributed by atoms with Gasteiger partial charge >= 0.3 is 0 Å². The summed E-state index contributed by atoms with van der Waals surface area (Å²) in [5, 5.41) is 0. The van der Waals surface area contributed by atoms with E-state index in [0.717, 1.165) is 29.7 Å². The number of aromatic nitrogens is 2. The van der Waals surface area contributed by atoms with Gasteiger partial charge in [0.25, 0.3) is 0 Å². The summed E-state index contributed by atoms with van der Waals surface area (Å²) in [5.74, 6) is 3.10. The van der Waals surface area contributed by atoms with E-state index in [1.54, 1.807) is 0 Å². The lowest BCUT2D eigenvalue weighted by molar-refractivity contribution is 0.361. The van der Waals surface area contributed by atoms with Crippen molar-refractivity contribution in [3.8, 4) is 0 Å². The molecule has 1 aromatic rings. The minimum absolute atomic E-state index is 0.477. The first kappa shape index (κ1) is 13.6. The van der Waals surface area contributed by atoms with Crippen molar-refractivity contribution in [3.05, 3.63) is 17.6 Å². The van der Waals surface area contributed by atoms with Gasteiger partial charge in [-0.2, -0.15) is 0 Å². The van der Waals surface area contributed by atoms with Crippen molar-refractivity contribution in [3.63, 3.8) is 0 Å². The summed E-state index contributed by atoms with van der Waals surface area (Å²) in [5.41, 5.74) is 1.03. The smallest absolute Gasteiger partial charge is 0.136 e. The number of nitrogens with zero attached hydrogens (tertiary/aromatic N) is 3. The van der Waals surface area contributed by atoms with Crippen molar-refractivity contribution in [1.82, 2.24) is 9.97 Å². The Morgan fingerprint density at radius 1 is 1.33 bits per heavy atom. The highest BCUT2D eigenvalue weighted by molar-refractivity contribution is 6.17. The molecule has 4 heteroatoms. The molecule has 0 atom stereocenters. The monoisotopic (exact) mass is 267 g/mol. The molecule has 1 saturated carbocycles. The summed E-state index contributed by atoms with van der Waals surface area (Å²) in [6.45, 7) is 3.01. The summed E-state index contributed by atoms with van der Waals surface area (Å²) < 4.78 is 0. The molecule has 0 saturated heterocycles. The van der Waals surface area contributed by atoms with Gasteiger partial charge in [-0.1, -0.05) is 19.3 Å². The highest BCUT2D eigenvalue weighted by Crippen LogP contribution is 2.26. The molecule has 2 rings (SSSR count). The van der Waals surface area contributed by atoms with E-state index in [1.807, 2.05) is 13.1 Å². The van der Waals surface area contributed by atoms with Crippen molar-refractivity contribution < 1.29 is 0 Å². The van der Waals surface area contributed by atoms with Crippen LogP contribution in [0, 0.1) is 12.8 Å². The van der Waals surface area contributed by atoms with E-state index in [2.05, 4.69) is 21.9 Å². The van der Waals surface area contributed by atoms with Crippen LogP contribution in [0.3, 0.4) is 0 Å². The molecule has 100 valence electrons. The lowest BCUT2D eigenvalue weighted by Crippen LogP contribution is -2.28. The fraction of sp³-hybridized carbons (Fsp3) is 0.714. The predicted octanol–water partition coefficient (Wildman–Crippen LogP) is 3.54. The zero-order chi connectivity index (χ0) is 13.0. The second-order valence-electron chi connectivity index (χ2n) is 5.28. The Balaban J connectivity index is 2.07. The lowest BCUT2D eigenvalue weighted by atomic mass is 9.89. The molecule has 3 nitrogen and oxygen atoms in total. The fourth-order valence-corrected chi connectivity index (χ4v) is 2.94. The van der Waals surface area contributed by atoms with Crippen LogP contribution in [0.5, 0.6) is 0 Å². The molecule has 0 radical (unpaired) electrons. The Morgan fingerprint density at radius 3 is 2.72 bits per heavy atom. The number of anilines is 1. The van der Waals surface area contributed by atoms with Crippen LogP contribution in [0.4, 0.5) is 5.82 Å². The van der Waals surface area contributed by atoms with E-state index in [0.29, 0.717) is 5.88 Å². The molecule has 0 aromatic carbocycles. The second kappa shape index (κ2) is 6.37. The first-order valence-electron chi connectivity index (χ1n) is 6.80. The van der Waals surface area contributed by atoms with E-state index >= 15 is 0 Å². The minimum Gasteiger partial charge on any atom is -0.359 e. The number of alkyl halides is 1. The average molecular weight is 268 g/mol. The largest absolute Gasteiger partial charge is 0.359 e. The Morgan fingerprint density at radius 2 is 2.06 bits per heavy atom. The van der Waals surface area contributed by atoms with Crippen molar-refractivity contribution in [2.45, 2.75) is 44.9 Å². The van der Waals surface area contributed by atoms with Crippen molar-refractivity contribution in [2.75, 3.05) is 18.5 Å². The van der Waals surface area contributed by atoms with E-state index in [9.17, 15) is 0 Å². The first-order valence-corrected chi connectivity index (χ1v) is 7.33. The molecule has 1 aromatic heterocycles. The van der Waals surface area contributed by atoms with E-state index in [4.69, 9.17) is 11.6 Å². The average Bonchev–Trinajstić information content (AvgIpc) is 2.40. The van der Waals surface area contributed by atoms with Gasteiger partial charge in [-0.15, -0.1) is 11.6 Å². The van der Waals surface area contributed by atoms with Crippen LogP contribution in [-0.2, 0) is 5.88 Å². The van der Waals surface area contributed by atoms with Gasteiger partial charge in [0.05, 0.1) is 5.88 Å². The van der Waals surface area contributed by atoms with E-state index in [-0.39, 0.29) is 0 Å². The standard InChI is InChI=1S/C14H22ClN3/c1-11-16-9-13(8-15)14(17-11)18(2)10-12-6-4-3-5-7-12/h9,12H,3-8,10H2,1-2H3.